The Morgan fingerprint density at radius 3 is 1.06 bits per heavy atom. The van der Waals surface area contributed by atoms with E-state index in [4.69, 9.17) is 11.5 Å². The van der Waals surface area contributed by atoms with Crippen LogP contribution in [0.3, 0.4) is 0 Å². The molecule has 0 radical (unpaired) electrons. The largest absolute Gasteiger partial charge is 0.397 e. The van der Waals surface area contributed by atoms with Crippen molar-refractivity contribution in [2.75, 3.05) is 11.5 Å². The van der Waals surface area contributed by atoms with Crippen LogP contribution in [-0.2, 0) is 0 Å². The van der Waals surface area contributed by atoms with Crippen molar-refractivity contribution < 1.29 is 0 Å². The van der Waals surface area contributed by atoms with Crippen molar-refractivity contribution in [2.24, 2.45) is 0 Å². The molecule has 6 aromatic carbocycles. The van der Waals surface area contributed by atoms with Gasteiger partial charge in [-0.15, -0.1) is 0 Å². The second-order valence-corrected chi connectivity index (χ2v) is 8.91. The van der Waals surface area contributed by atoms with Crippen LogP contribution in [0.2, 0.25) is 0 Å². The zero-order valence-corrected chi connectivity index (χ0v) is 17.2. The van der Waals surface area contributed by atoms with E-state index in [0.29, 0.717) is 11.4 Å². The summed E-state index contributed by atoms with van der Waals surface area (Å²) in [7, 11) is 0. The average molecular weight is 406 g/mol. The normalized spacial score (nSPS) is 12.6. The number of hydrogen-bond acceptors (Lipinski definition) is 2. The highest BCUT2D eigenvalue weighted by molar-refractivity contribution is 6.40. The molecular weight excluding hydrogens is 388 g/mol. The Balaban J connectivity index is 1.81. The maximum atomic E-state index is 6.36. The number of nitrogens with two attached hydrogens (primary N) is 2. The van der Waals surface area contributed by atoms with Crippen molar-refractivity contribution in [3.05, 3.63) is 84.9 Å². The molecule has 148 valence electrons. The summed E-state index contributed by atoms with van der Waals surface area (Å²) < 4.78 is 0. The van der Waals surface area contributed by atoms with Gasteiger partial charge in [-0.05, 0) is 89.0 Å². The maximum absolute atomic E-state index is 6.36. The minimum atomic E-state index is 0.638. The second-order valence-electron chi connectivity index (χ2n) is 8.91. The quantitative estimate of drug-likeness (QED) is 0.201. The van der Waals surface area contributed by atoms with Crippen molar-refractivity contribution in [3.63, 3.8) is 0 Å². The van der Waals surface area contributed by atoms with Crippen LogP contribution in [0.4, 0.5) is 11.4 Å². The zero-order valence-electron chi connectivity index (χ0n) is 17.2. The molecule has 2 heteroatoms. The molecule has 2 nitrogen and oxygen atoms in total. The van der Waals surface area contributed by atoms with E-state index in [1.54, 1.807) is 0 Å². The molecule has 0 heterocycles. The van der Waals surface area contributed by atoms with Crippen LogP contribution < -0.4 is 11.5 Å². The van der Waals surface area contributed by atoms with E-state index in [0.717, 1.165) is 0 Å². The van der Waals surface area contributed by atoms with Gasteiger partial charge in [-0.3, -0.25) is 0 Å². The average Bonchev–Trinajstić information content (AvgIpc) is 3.35. The van der Waals surface area contributed by atoms with E-state index >= 15 is 0 Å². The van der Waals surface area contributed by atoms with Crippen molar-refractivity contribution in [2.45, 2.75) is 0 Å². The molecule has 0 unspecified atom stereocenters. The molecule has 0 aliphatic heterocycles. The smallest absolute Gasteiger partial charge is 0.0554 e. The first-order valence-corrected chi connectivity index (χ1v) is 11.0. The Morgan fingerprint density at radius 1 is 0.375 bits per heavy atom. The van der Waals surface area contributed by atoms with Gasteiger partial charge in [-0.2, -0.15) is 0 Å². The van der Waals surface area contributed by atoms with Gasteiger partial charge in [-0.25, -0.2) is 0 Å². The SMILES string of the molecule is Nc1cc2c3c4c(c5ccccc5c5c4c(c2cc1N)-c1ccccc1-5)-c1ccccc1-3. The molecule has 0 fully saturated rings. The third-order valence-corrected chi connectivity index (χ3v) is 7.41. The summed E-state index contributed by atoms with van der Waals surface area (Å²) in [5.41, 5.74) is 24.4. The highest BCUT2D eigenvalue weighted by atomic mass is 14.7. The summed E-state index contributed by atoms with van der Waals surface area (Å²) in [4.78, 5) is 0. The Labute approximate surface area is 184 Å². The Kier molecular flexibility index (Phi) is 2.71. The van der Waals surface area contributed by atoms with Crippen LogP contribution in [0, 0.1) is 0 Å². The molecule has 4 N–H and O–H groups in total. The first-order chi connectivity index (χ1) is 15.7. The van der Waals surface area contributed by atoms with Gasteiger partial charge in [0, 0.05) is 0 Å². The Bertz CT molecular complexity index is 1710. The van der Waals surface area contributed by atoms with E-state index in [-0.39, 0.29) is 0 Å². The molecule has 0 atom stereocenters. The molecule has 2 aliphatic rings. The van der Waals surface area contributed by atoms with E-state index in [2.05, 4.69) is 84.9 Å². The summed E-state index contributed by atoms with van der Waals surface area (Å²) in [5.74, 6) is 0. The fourth-order valence-electron chi connectivity index (χ4n) is 6.21. The number of fused-ring (bicyclic) bond motifs is 12. The summed E-state index contributed by atoms with van der Waals surface area (Å²) in [5, 5.41) is 7.69. The molecule has 6 aromatic rings. The first-order valence-electron chi connectivity index (χ1n) is 11.0. The standard InChI is InChI=1S/C30H18N2/c31-23-13-21-22(14-24(23)32)28-20-12-6-4-10-18(20)26-16-8-2-1-7-15(16)25-17-9-3-5-11-19(17)27(21)29(25)30(26)28/h1-14H,31-32H2. The minimum absolute atomic E-state index is 0.638. The van der Waals surface area contributed by atoms with Crippen molar-refractivity contribution in [1.82, 2.24) is 0 Å². The zero-order chi connectivity index (χ0) is 21.1. The lowest BCUT2D eigenvalue weighted by Crippen LogP contribution is -1.96. The van der Waals surface area contributed by atoms with Crippen molar-refractivity contribution in [3.8, 4) is 44.5 Å². The van der Waals surface area contributed by atoms with Crippen LogP contribution in [0.1, 0.15) is 0 Å². The molecule has 0 spiro atoms. The van der Waals surface area contributed by atoms with E-state index in [1.807, 2.05) is 0 Å². The molecule has 0 saturated carbocycles. The van der Waals surface area contributed by atoms with Gasteiger partial charge in [0.05, 0.1) is 11.4 Å². The Hall–Kier alpha value is -4.30. The van der Waals surface area contributed by atoms with Gasteiger partial charge < -0.3 is 11.5 Å². The minimum Gasteiger partial charge on any atom is -0.397 e. The van der Waals surface area contributed by atoms with Gasteiger partial charge in [0.1, 0.15) is 0 Å². The van der Waals surface area contributed by atoms with Crippen molar-refractivity contribution >= 4 is 43.7 Å². The molecule has 8 rings (SSSR count). The highest BCUT2D eigenvalue weighted by Crippen LogP contribution is 2.62. The number of hydrogen-bond donors (Lipinski definition) is 2. The van der Waals surface area contributed by atoms with E-state index < -0.39 is 0 Å². The molecule has 0 saturated heterocycles. The highest BCUT2D eigenvalue weighted by Gasteiger charge is 2.34. The van der Waals surface area contributed by atoms with E-state index in [1.165, 1.54) is 76.8 Å². The molecular formula is C30H18N2. The lowest BCUT2D eigenvalue weighted by molar-refractivity contribution is 1.68. The third-order valence-electron chi connectivity index (χ3n) is 7.41. The van der Waals surface area contributed by atoms with E-state index in [9.17, 15) is 0 Å². The fraction of sp³-hybridized carbons (Fsp3) is 0. The summed E-state index contributed by atoms with van der Waals surface area (Å²) in [6, 6.07) is 30.6. The first kappa shape index (κ1) is 16.4. The molecule has 0 amide bonds. The van der Waals surface area contributed by atoms with Crippen LogP contribution in [0.15, 0.2) is 84.9 Å². The van der Waals surface area contributed by atoms with Crippen LogP contribution in [0.5, 0.6) is 0 Å². The lowest BCUT2D eigenvalue weighted by atomic mass is 9.88. The topological polar surface area (TPSA) is 52.0 Å². The van der Waals surface area contributed by atoms with Crippen LogP contribution in [-0.4, -0.2) is 0 Å². The number of benzene rings is 6. The van der Waals surface area contributed by atoms with Crippen LogP contribution >= 0.6 is 0 Å². The van der Waals surface area contributed by atoms with Gasteiger partial charge in [0.15, 0.2) is 0 Å². The predicted octanol–water partition coefficient (Wildman–Crippen LogP) is 7.61. The summed E-state index contributed by atoms with van der Waals surface area (Å²) in [6.45, 7) is 0. The van der Waals surface area contributed by atoms with Crippen LogP contribution in [0.25, 0.3) is 76.8 Å². The molecule has 0 bridgehead atoms. The lowest BCUT2D eigenvalue weighted by Gasteiger charge is -2.15. The molecule has 32 heavy (non-hydrogen) atoms. The van der Waals surface area contributed by atoms with Gasteiger partial charge in [0.25, 0.3) is 0 Å². The maximum Gasteiger partial charge on any atom is 0.0554 e. The molecule has 0 aromatic heterocycles. The third kappa shape index (κ3) is 1.68. The number of nitrogen functional groups attached to an aromatic ring is 2. The summed E-state index contributed by atoms with van der Waals surface area (Å²) in [6.07, 6.45) is 0. The molecule has 2 aliphatic carbocycles. The number of anilines is 2. The summed E-state index contributed by atoms with van der Waals surface area (Å²) >= 11 is 0. The predicted molar refractivity (Wildman–Crippen MR) is 137 cm³/mol. The van der Waals surface area contributed by atoms with Crippen molar-refractivity contribution in [1.29, 1.82) is 0 Å². The van der Waals surface area contributed by atoms with Gasteiger partial charge >= 0.3 is 0 Å². The Morgan fingerprint density at radius 2 is 0.688 bits per heavy atom. The fourth-order valence-corrected chi connectivity index (χ4v) is 6.21. The van der Waals surface area contributed by atoms with Gasteiger partial charge in [-0.1, -0.05) is 72.8 Å². The number of rotatable bonds is 0. The second kappa shape index (κ2) is 5.30. The van der Waals surface area contributed by atoms with Gasteiger partial charge in [0.2, 0.25) is 0 Å². The monoisotopic (exact) mass is 406 g/mol.